The number of amides is 1. The first kappa shape index (κ1) is 18.0. The maximum atomic E-state index is 12.2. The van der Waals surface area contributed by atoms with E-state index in [1.54, 1.807) is 18.2 Å². The Labute approximate surface area is 154 Å². The smallest absolute Gasteiger partial charge is 0.251 e. The number of fused-ring (bicyclic) bond motifs is 1. The molecule has 1 aromatic rings. The Morgan fingerprint density at radius 2 is 1.75 bits per heavy atom. The van der Waals surface area contributed by atoms with Gasteiger partial charge in [0.2, 0.25) is 0 Å². The molecule has 3 rings (SSSR count). The summed E-state index contributed by atoms with van der Waals surface area (Å²) in [5, 5.41) is 4.02. The summed E-state index contributed by atoms with van der Waals surface area (Å²) >= 11 is 11.9. The van der Waals surface area contributed by atoms with E-state index in [0.717, 1.165) is 18.4 Å². The van der Waals surface area contributed by atoms with E-state index in [9.17, 15) is 4.79 Å². The highest BCUT2D eigenvalue weighted by Crippen LogP contribution is 2.51. The second kappa shape index (κ2) is 6.86. The number of carbonyl (C=O) groups is 1. The number of likely N-dealkylation sites (tertiary alicyclic amines) is 1. The van der Waals surface area contributed by atoms with Crippen LogP contribution in [0.1, 0.15) is 37.6 Å². The average Bonchev–Trinajstić information content (AvgIpc) is 2.92. The molecule has 2 fully saturated rings. The van der Waals surface area contributed by atoms with Crippen molar-refractivity contribution >= 4 is 29.1 Å². The lowest BCUT2D eigenvalue weighted by Crippen LogP contribution is -2.32. The molecule has 1 N–H and O–H groups in total. The molecule has 132 valence electrons. The van der Waals surface area contributed by atoms with Gasteiger partial charge in [-0.15, -0.1) is 0 Å². The lowest BCUT2D eigenvalue weighted by molar-refractivity contribution is 0.0949. The number of benzene rings is 1. The van der Waals surface area contributed by atoms with E-state index in [-0.39, 0.29) is 5.91 Å². The maximum absolute atomic E-state index is 12.2. The standard InChI is InChI=1S/C19H26Cl2N2O/c1-19(2,3)4-5-23-10-16-15(17(16)11-23)9-22-18(24)12-6-13(20)8-14(21)7-12/h6-8,15-17H,4-5,9-11H2,1-3H3,(H,22,24)/t15-,16-,17+. The maximum Gasteiger partial charge on any atom is 0.251 e. The van der Waals surface area contributed by atoms with Gasteiger partial charge >= 0.3 is 0 Å². The summed E-state index contributed by atoms with van der Waals surface area (Å²) in [5.74, 6) is 2.06. The molecular weight excluding hydrogens is 343 g/mol. The van der Waals surface area contributed by atoms with E-state index >= 15 is 0 Å². The van der Waals surface area contributed by atoms with Gasteiger partial charge in [-0.25, -0.2) is 0 Å². The summed E-state index contributed by atoms with van der Waals surface area (Å²) in [7, 11) is 0. The van der Waals surface area contributed by atoms with Crippen LogP contribution < -0.4 is 5.32 Å². The predicted molar refractivity (Wildman–Crippen MR) is 99.8 cm³/mol. The van der Waals surface area contributed by atoms with Crippen LogP contribution in [0.4, 0.5) is 0 Å². The minimum absolute atomic E-state index is 0.0889. The number of hydrogen-bond acceptors (Lipinski definition) is 2. The Hall–Kier alpha value is -0.770. The van der Waals surface area contributed by atoms with Crippen molar-refractivity contribution in [2.45, 2.75) is 27.2 Å². The molecular formula is C19H26Cl2N2O. The Kier molecular flexibility index (Phi) is 5.15. The fourth-order valence-corrected chi connectivity index (χ4v) is 4.24. The van der Waals surface area contributed by atoms with E-state index in [4.69, 9.17) is 23.2 Å². The fourth-order valence-electron chi connectivity index (χ4n) is 3.71. The van der Waals surface area contributed by atoms with Gasteiger partial charge < -0.3 is 10.2 Å². The number of piperidine rings is 1. The third-order valence-corrected chi connectivity index (χ3v) is 5.68. The molecule has 3 nitrogen and oxygen atoms in total. The van der Waals surface area contributed by atoms with Gasteiger partial charge in [-0.2, -0.15) is 0 Å². The van der Waals surface area contributed by atoms with Crippen molar-refractivity contribution in [3.05, 3.63) is 33.8 Å². The van der Waals surface area contributed by atoms with Gasteiger partial charge in [-0.05, 0) is 54.3 Å². The second-order valence-electron chi connectivity index (χ2n) is 8.43. The minimum atomic E-state index is -0.0889. The molecule has 0 spiro atoms. The van der Waals surface area contributed by atoms with Crippen molar-refractivity contribution in [1.82, 2.24) is 10.2 Å². The molecule has 24 heavy (non-hydrogen) atoms. The summed E-state index contributed by atoms with van der Waals surface area (Å²) in [6, 6.07) is 4.95. The molecule has 1 amide bonds. The van der Waals surface area contributed by atoms with Crippen LogP contribution in [0.3, 0.4) is 0 Å². The molecule has 0 radical (unpaired) electrons. The Morgan fingerprint density at radius 1 is 1.17 bits per heavy atom. The van der Waals surface area contributed by atoms with Crippen molar-refractivity contribution in [3.63, 3.8) is 0 Å². The Balaban J connectivity index is 1.42. The lowest BCUT2D eigenvalue weighted by atomic mass is 9.92. The average molecular weight is 369 g/mol. The Morgan fingerprint density at radius 3 is 2.29 bits per heavy atom. The van der Waals surface area contributed by atoms with Crippen molar-refractivity contribution in [1.29, 1.82) is 0 Å². The zero-order chi connectivity index (χ0) is 17.5. The molecule has 1 aliphatic heterocycles. The second-order valence-corrected chi connectivity index (χ2v) is 9.30. The van der Waals surface area contributed by atoms with Crippen LogP contribution in [-0.2, 0) is 0 Å². The molecule has 0 unspecified atom stereocenters. The van der Waals surface area contributed by atoms with E-state index in [0.29, 0.717) is 26.9 Å². The molecule has 0 bridgehead atoms. The van der Waals surface area contributed by atoms with Gasteiger partial charge in [-0.1, -0.05) is 44.0 Å². The number of nitrogens with zero attached hydrogens (tertiary/aromatic N) is 1. The van der Waals surface area contributed by atoms with E-state index in [2.05, 4.69) is 31.0 Å². The highest BCUT2D eigenvalue weighted by atomic mass is 35.5. The number of nitrogens with one attached hydrogen (secondary N) is 1. The van der Waals surface area contributed by atoms with Gasteiger partial charge in [0.05, 0.1) is 0 Å². The third-order valence-electron chi connectivity index (χ3n) is 5.25. The molecule has 2 aliphatic rings. The Bertz CT molecular complexity index is 594. The van der Waals surface area contributed by atoms with Gasteiger partial charge in [0, 0.05) is 35.2 Å². The summed E-state index contributed by atoms with van der Waals surface area (Å²) in [6.07, 6.45) is 1.24. The number of halogens is 2. The first-order valence-corrected chi connectivity index (χ1v) is 9.45. The number of carbonyl (C=O) groups excluding carboxylic acids is 1. The zero-order valence-electron chi connectivity index (χ0n) is 14.6. The summed E-state index contributed by atoms with van der Waals surface area (Å²) < 4.78 is 0. The first-order chi connectivity index (χ1) is 11.2. The summed E-state index contributed by atoms with van der Waals surface area (Å²) in [4.78, 5) is 14.8. The molecule has 1 aromatic carbocycles. The highest BCUT2D eigenvalue weighted by molar-refractivity contribution is 6.35. The summed E-state index contributed by atoms with van der Waals surface area (Å²) in [5.41, 5.74) is 0.934. The molecule has 5 heteroatoms. The molecule has 1 aliphatic carbocycles. The van der Waals surface area contributed by atoms with Crippen molar-refractivity contribution in [3.8, 4) is 0 Å². The number of rotatable bonds is 5. The monoisotopic (exact) mass is 368 g/mol. The normalized spacial score (nSPS) is 26.3. The molecule has 1 saturated heterocycles. The van der Waals surface area contributed by atoms with Gasteiger partial charge in [-0.3, -0.25) is 4.79 Å². The highest BCUT2D eigenvalue weighted by Gasteiger charge is 2.55. The predicted octanol–water partition coefficient (Wildman–Crippen LogP) is 4.34. The molecule has 3 atom stereocenters. The molecule has 0 aromatic heterocycles. The van der Waals surface area contributed by atoms with E-state index in [1.807, 2.05) is 0 Å². The molecule has 1 saturated carbocycles. The van der Waals surface area contributed by atoms with Crippen LogP contribution in [0.15, 0.2) is 18.2 Å². The zero-order valence-corrected chi connectivity index (χ0v) is 16.1. The minimum Gasteiger partial charge on any atom is -0.352 e. The van der Waals surface area contributed by atoms with Gasteiger partial charge in [0.1, 0.15) is 0 Å². The van der Waals surface area contributed by atoms with Crippen LogP contribution in [0.25, 0.3) is 0 Å². The van der Waals surface area contributed by atoms with Gasteiger partial charge in [0.15, 0.2) is 0 Å². The first-order valence-electron chi connectivity index (χ1n) is 8.69. The van der Waals surface area contributed by atoms with E-state index in [1.165, 1.54) is 26.1 Å². The lowest BCUT2D eigenvalue weighted by Gasteiger charge is -2.25. The molecule has 1 heterocycles. The van der Waals surface area contributed by atoms with Crippen molar-refractivity contribution in [2.24, 2.45) is 23.2 Å². The van der Waals surface area contributed by atoms with Crippen molar-refractivity contribution < 1.29 is 4.79 Å². The quantitative estimate of drug-likeness (QED) is 0.838. The van der Waals surface area contributed by atoms with Gasteiger partial charge in [0.25, 0.3) is 5.91 Å². The number of hydrogen-bond donors (Lipinski definition) is 1. The fraction of sp³-hybridized carbons (Fsp3) is 0.632. The van der Waals surface area contributed by atoms with Crippen LogP contribution in [0.5, 0.6) is 0 Å². The SMILES string of the molecule is CC(C)(C)CCN1C[C@@H]2[C@@H](CNC(=O)c3cc(Cl)cc(Cl)c3)[C@@H]2C1. The van der Waals surface area contributed by atoms with Crippen LogP contribution in [0, 0.1) is 23.2 Å². The van der Waals surface area contributed by atoms with Crippen LogP contribution >= 0.6 is 23.2 Å². The summed E-state index contributed by atoms with van der Waals surface area (Å²) in [6.45, 7) is 11.2. The van der Waals surface area contributed by atoms with Crippen LogP contribution in [-0.4, -0.2) is 37.0 Å². The van der Waals surface area contributed by atoms with E-state index < -0.39 is 0 Å². The van der Waals surface area contributed by atoms with Crippen molar-refractivity contribution in [2.75, 3.05) is 26.2 Å². The van der Waals surface area contributed by atoms with Crippen LogP contribution in [0.2, 0.25) is 10.0 Å². The largest absolute Gasteiger partial charge is 0.352 e. The third kappa shape index (κ3) is 4.44. The topological polar surface area (TPSA) is 32.3 Å².